The lowest BCUT2D eigenvalue weighted by Gasteiger charge is -2.29. The van der Waals surface area contributed by atoms with Crippen LogP contribution in [0, 0.1) is 0 Å². The number of benzene rings is 2. The van der Waals surface area contributed by atoms with Crippen LogP contribution < -0.4 is 4.74 Å². The lowest BCUT2D eigenvalue weighted by Crippen LogP contribution is -2.40. The second kappa shape index (κ2) is 17.2. The first-order chi connectivity index (χ1) is 17.0. The summed E-state index contributed by atoms with van der Waals surface area (Å²) in [6.45, 7) is 4.90. The highest BCUT2D eigenvalue weighted by molar-refractivity contribution is 5.69. The van der Waals surface area contributed by atoms with E-state index in [9.17, 15) is 4.79 Å². The van der Waals surface area contributed by atoms with Gasteiger partial charge in [0.15, 0.2) is 0 Å². The molecule has 4 nitrogen and oxygen atoms in total. The van der Waals surface area contributed by atoms with Crippen molar-refractivity contribution in [3.8, 4) is 5.75 Å². The molecule has 2 aromatic carbocycles. The molecule has 0 radical (unpaired) electrons. The third kappa shape index (κ3) is 13.4. The van der Waals surface area contributed by atoms with Crippen molar-refractivity contribution in [3.05, 3.63) is 65.7 Å². The van der Waals surface area contributed by atoms with Crippen LogP contribution >= 0.6 is 0 Å². The Morgan fingerprint density at radius 2 is 1.43 bits per heavy atom. The zero-order chi connectivity index (χ0) is 25.2. The van der Waals surface area contributed by atoms with Crippen LogP contribution in [-0.2, 0) is 22.5 Å². The maximum atomic E-state index is 12.2. The van der Waals surface area contributed by atoms with Crippen molar-refractivity contribution < 1.29 is 18.8 Å². The number of carbonyl (C=O) groups is 1. The minimum Gasteiger partial charge on any atom is -0.493 e. The number of ether oxygens (including phenoxy) is 2. The molecule has 0 fully saturated rings. The van der Waals surface area contributed by atoms with Gasteiger partial charge in [-0.2, -0.15) is 0 Å². The molecule has 2 rings (SSSR count). The van der Waals surface area contributed by atoms with Gasteiger partial charge < -0.3 is 14.0 Å². The Balaban J connectivity index is 1.57. The van der Waals surface area contributed by atoms with E-state index in [-0.39, 0.29) is 5.97 Å². The third-order valence-corrected chi connectivity index (χ3v) is 6.46. The summed E-state index contributed by atoms with van der Waals surface area (Å²) in [6, 6.07) is 18.7. The number of carbonyl (C=O) groups excluding carboxylic acids is 1. The molecule has 0 bridgehead atoms. The topological polar surface area (TPSA) is 35.5 Å². The Bertz CT molecular complexity index is 819. The Kier molecular flexibility index (Phi) is 14.2. The summed E-state index contributed by atoms with van der Waals surface area (Å²) >= 11 is 0. The maximum absolute atomic E-state index is 12.2. The standard InChI is InChI=1S/C31H48NO3/c1-4-5-6-7-8-9-10-14-20-29-21-15-16-22-30(29)34-25-17-26-35-31(33)23-24-32(2,3)27-28-18-12-11-13-19-28/h11-13,15-16,18-19,21-22H,4-10,14,17,20,23-27H2,1-3H3/q+1. The van der Waals surface area contributed by atoms with Gasteiger partial charge in [0.2, 0.25) is 0 Å². The average molecular weight is 483 g/mol. The maximum Gasteiger partial charge on any atom is 0.311 e. The fraction of sp³-hybridized carbons (Fsp3) is 0.581. The number of hydrogen-bond acceptors (Lipinski definition) is 3. The van der Waals surface area contributed by atoms with Gasteiger partial charge in [-0.05, 0) is 24.5 Å². The molecule has 0 atom stereocenters. The normalized spacial score (nSPS) is 11.4. The molecule has 2 aromatic rings. The highest BCUT2D eigenvalue weighted by atomic mass is 16.5. The predicted molar refractivity (Wildman–Crippen MR) is 146 cm³/mol. The summed E-state index contributed by atoms with van der Waals surface area (Å²) in [4.78, 5) is 12.2. The molecule has 0 N–H and O–H groups in total. The number of para-hydroxylation sites is 1. The molecule has 0 heterocycles. The summed E-state index contributed by atoms with van der Waals surface area (Å²) in [5.74, 6) is 0.848. The highest BCUT2D eigenvalue weighted by Crippen LogP contribution is 2.21. The Labute approximate surface area is 214 Å². The van der Waals surface area contributed by atoms with Crippen molar-refractivity contribution in [2.24, 2.45) is 0 Å². The molecule has 0 aliphatic rings. The lowest BCUT2D eigenvalue weighted by atomic mass is 10.0. The van der Waals surface area contributed by atoms with Gasteiger partial charge >= 0.3 is 5.97 Å². The van der Waals surface area contributed by atoms with Crippen LogP contribution in [0.1, 0.15) is 82.3 Å². The first kappa shape index (κ1) is 28.9. The van der Waals surface area contributed by atoms with Crippen molar-refractivity contribution in [2.45, 2.75) is 84.1 Å². The Morgan fingerprint density at radius 1 is 0.771 bits per heavy atom. The fourth-order valence-electron chi connectivity index (χ4n) is 4.35. The number of quaternary nitrogens is 1. The molecule has 0 spiro atoms. The van der Waals surface area contributed by atoms with Gasteiger partial charge in [-0.25, -0.2) is 0 Å². The SMILES string of the molecule is CCCCCCCCCCc1ccccc1OCCCOC(=O)CC[N+](C)(C)Cc1ccccc1. The van der Waals surface area contributed by atoms with Gasteiger partial charge in [0.1, 0.15) is 12.3 Å². The van der Waals surface area contributed by atoms with Gasteiger partial charge in [0.05, 0.1) is 40.3 Å². The first-order valence-electron chi connectivity index (χ1n) is 13.7. The number of nitrogens with zero attached hydrogens (tertiary/aromatic N) is 1. The molecule has 194 valence electrons. The highest BCUT2D eigenvalue weighted by Gasteiger charge is 2.18. The van der Waals surface area contributed by atoms with Crippen molar-refractivity contribution >= 4 is 5.97 Å². The van der Waals surface area contributed by atoms with E-state index in [4.69, 9.17) is 9.47 Å². The van der Waals surface area contributed by atoms with E-state index >= 15 is 0 Å². The smallest absolute Gasteiger partial charge is 0.311 e. The van der Waals surface area contributed by atoms with E-state index in [1.54, 1.807) is 0 Å². The largest absolute Gasteiger partial charge is 0.493 e. The second-order valence-electron chi connectivity index (χ2n) is 10.3. The van der Waals surface area contributed by atoms with Crippen LogP contribution in [0.2, 0.25) is 0 Å². The minimum atomic E-state index is -0.126. The van der Waals surface area contributed by atoms with E-state index in [1.165, 1.54) is 62.5 Å². The van der Waals surface area contributed by atoms with Crippen LogP contribution in [0.5, 0.6) is 5.75 Å². The van der Waals surface area contributed by atoms with Crippen LogP contribution in [0.4, 0.5) is 0 Å². The van der Waals surface area contributed by atoms with Crippen LogP contribution in [-0.4, -0.2) is 44.3 Å². The van der Waals surface area contributed by atoms with E-state index in [1.807, 2.05) is 12.1 Å². The number of unbranched alkanes of at least 4 members (excludes halogenated alkanes) is 7. The Morgan fingerprint density at radius 3 is 2.17 bits per heavy atom. The molecule has 0 aromatic heterocycles. The van der Waals surface area contributed by atoms with E-state index in [2.05, 4.69) is 63.5 Å². The molecular weight excluding hydrogens is 434 g/mol. The van der Waals surface area contributed by atoms with Gasteiger partial charge in [0, 0.05) is 12.0 Å². The monoisotopic (exact) mass is 482 g/mol. The molecule has 0 unspecified atom stereocenters. The second-order valence-corrected chi connectivity index (χ2v) is 10.3. The van der Waals surface area contributed by atoms with Gasteiger partial charge in [-0.3, -0.25) is 4.79 Å². The van der Waals surface area contributed by atoms with Crippen molar-refractivity contribution in [1.29, 1.82) is 0 Å². The van der Waals surface area contributed by atoms with Crippen LogP contribution in [0.25, 0.3) is 0 Å². The summed E-state index contributed by atoms with van der Waals surface area (Å²) < 4.78 is 12.2. The molecule has 4 heteroatoms. The molecule has 0 saturated carbocycles. The number of aryl methyl sites for hydroxylation is 1. The zero-order valence-corrected chi connectivity index (χ0v) is 22.5. The molecule has 0 saturated heterocycles. The van der Waals surface area contributed by atoms with Gasteiger partial charge in [-0.1, -0.05) is 100 Å². The van der Waals surface area contributed by atoms with Gasteiger partial charge in [0.25, 0.3) is 0 Å². The molecule has 0 amide bonds. The molecule has 0 aliphatic carbocycles. The van der Waals surface area contributed by atoms with Crippen LogP contribution in [0.15, 0.2) is 54.6 Å². The predicted octanol–water partition coefficient (Wildman–Crippen LogP) is 7.35. The van der Waals surface area contributed by atoms with Crippen LogP contribution in [0.3, 0.4) is 0 Å². The number of esters is 1. The van der Waals surface area contributed by atoms with Crippen molar-refractivity contribution in [2.75, 3.05) is 33.9 Å². The van der Waals surface area contributed by atoms with Crippen molar-refractivity contribution in [1.82, 2.24) is 0 Å². The van der Waals surface area contributed by atoms with Crippen molar-refractivity contribution in [3.63, 3.8) is 0 Å². The average Bonchev–Trinajstić information content (AvgIpc) is 2.85. The zero-order valence-electron chi connectivity index (χ0n) is 22.5. The fourth-order valence-corrected chi connectivity index (χ4v) is 4.35. The quantitative estimate of drug-likeness (QED) is 0.119. The molecular formula is C31H48NO3+. The molecule has 0 aliphatic heterocycles. The minimum absolute atomic E-state index is 0.126. The molecule has 35 heavy (non-hydrogen) atoms. The first-order valence-corrected chi connectivity index (χ1v) is 13.7. The Hall–Kier alpha value is -2.33. The van der Waals surface area contributed by atoms with E-state index in [0.717, 1.165) is 29.7 Å². The number of rotatable bonds is 19. The van der Waals surface area contributed by atoms with E-state index < -0.39 is 0 Å². The summed E-state index contributed by atoms with van der Waals surface area (Å²) in [6.07, 6.45) is 12.8. The summed E-state index contributed by atoms with van der Waals surface area (Å²) in [5.41, 5.74) is 2.57. The van der Waals surface area contributed by atoms with Gasteiger partial charge in [-0.15, -0.1) is 0 Å². The lowest BCUT2D eigenvalue weighted by molar-refractivity contribution is -0.903. The number of hydrogen-bond donors (Lipinski definition) is 0. The van der Waals surface area contributed by atoms with E-state index in [0.29, 0.717) is 26.1 Å². The summed E-state index contributed by atoms with van der Waals surface area (Å²) in [7, 11) is 4.30. The third-order valence-electron chi connectivity index (χ3n) is 6.46. The summed E-state index contributed by atoms with van der Waals surface area (Å²) in [5, 5.41) is 0.